The first-order valence-corrected chi connectivity index (χ1v) is 10.8. The lowest BCUT2D eigenvalue weighted by Crippen LogP contribution is -3.06. The number of nitrogens with one attached hydrogen (secondary N) is 3. The zero-order valence-corrected chi connectivity index (χ0v) is 17.1. The van der Waals surface area contributed by atoms with Gasteiger partial charge in [-0.15, -0.1) is 11.3 Å². The first kappa shape index (κ1) is 20.6. The fourth-order valence-electron chi connectivity index (χ4n) is 2.56. The monoisotopic (exact) mass is 396 g/mol. The number of quaternary nitrogens is 1. The molecule has 0 aliphatic carbocycles. The van der Waals surface area contributed by atoms with E-state index in [0.29, 0.717) is 12.1 Å². The molecule has 1 aromatic heterocycles. The normalized spacial score (nSPS) is 13.2. The Morgan fingerprint density at radius 3 is 2.50 bits per heavy atom. The standard InChI is InChI=1S/C18H25N3O3S2/c1-13(2)20-26(23,24)15-8-5-7-14(11-15)18(22)19-12-16(21(3)4)17-9-6-10-25-17/h5-11,13,16,20H,12H2,1-4H3,(H,19,22)/p+1/t16-/m0/s1. The van der Waals surface area contributed by atoms with Crippen LogP contribution in [0, 0.1) is 0 Å². The summed E-state index contributed by atoms with van der Waals surface area (Å²) in [7, 11) is 0.458. The molecule has 0 spiro atoms. The van der Waals surface area contributed by atoms with Crippen LogP contribution in [0.5, 0.6) is 0 Å². The van der Waals surface area contributed by atoms with Crippen molar-refractivity contribution in [1.29, 1.82) is 0 Å². The van der Waals surface area contributed by atoms with Gasteiger partial charge >= 0.3 is 0 Å². The van der Waals surface area contributed by atoms with E-state index in [2.05, 4.69) is 16.1 Å². The van der Waals surface area contributed by atoms with Crippen molar-refractivity contribution in [3.8, 4) is 0 Å². The van der Waals surface area contributed by atoms with Crippen molar-refractivity contribution < 1.29 is 18.1 Å². The minimum Gasteiger partial charge on any atom is -0.346 e. The number of likely N-dealkylation sites (N-methyl/N-ethyl adjacent to an activating group) is 1. The molecule has 0 aliphatic heterocycles. The summed E-state index contributed by atoms with van der Waals surface area (Å²) in [5.74, 6) is -0.283. The molecule has 1 amide bonds. The highest BCUT2D eigenvalue weighted by Gasteiger charge is 2.21. The van der Waals surface area contributed by atoms with Crippen molar-refractivity contribution in [2.75, 3.05) is 20.6 Å². The number of hydrogen-bond acceptors (Lipinski definition) is 4. The molecule has 26 heavy (non-hydrogen) atoms. The summed E-state index contributed by atoms with van der Waals surface area (Å²) in [6.45, 7) is 3.98. The number of benzene rings is 1. The predicted octanol–water partition coefficient (Wildman–Crippen LogP) is 1.05. The SMILES string of the molecule is CC(C)NS(=O)(=O)c1cccc(C(=O)NC[C@@H](c2cccs2)[NH+](C)C)c1. The molecule has 142 valence electrons. The molecule has 0 aliphatic rings. The number of rotatable bonds is 8. The van der Waals surface area contributed by atoms with E-state index in [4.69, 9.17) is 0 Å². The lowest BCUT2D eigenvalue weighted by molar-refractivity contribution is -0.890. The fourth-order valence-corrected chi connectivity index (χ4v) is 4.81. The lowest BCUT2D eigenvalue weighted by atomic mass is 10.2. The van der Waals surface area contributed by atoms with Crippen molar-refractivity contribution >= 4 is 27.3 Å². The summed E-state index contributed by atoms with van der Waals surface area (Å²) in [6, 6.07) is 10.1. The van der Waals surface area contributed by atoms with Gasteiger partial charge in [-0.05, 0) is 43.5 Å². The van der Waals surface area contributed by atoms with Gasteiger partial charge in [0.2, 0.25) is 10.0 Å². The summed E-state index contributed by atoms with van der Waals surface area (Å²) in [4.78, 5) is 15.0. The van der Waals surface area contributed by atoms with Gasteiger partial charge in [-0.25, -0.2) is 13.1 Å². The van der Waals surface area contributed by atoms with Crippen molar-refractivity contribution in [2.45, 2.75) is 30.8 Å². The van der Waals surface area contributed by atoms with Gasteiger partial charge in [0, 0.05) is 11.6 Å². The number of carbonyl (C=O) groups is 1. The van der Waals surface area contributed by atoms with Crippen LogP contribution in [0.1, 0.15) is 35.1 Å². The maximum atomic E-state index is 12.5. The van der Waals surface area contributed by atoms with Crippen LogP contribution in [0.15, 0.2) is 46.7 Å². The topological polar surface area (TPSA) is 79.7 Å². The van der Waals surface area contributed by atoms with E-state index in [1.54, 1.807) is 37.3 Å². The summed E-state index contributed by atoms with van der Waals surface area (Å²) >= 11 is 1.66. The van der Waals surface area contributed by atoms with Gasteiger partial charge in [0.05, 0.1) is 30.4 Å². The average molecular weight is 397 g/mol. The molecular weight excluding hydrogens is 370 g/mol. The van der Waals surface area contributed by atoms with Gasteiger partial charge in [0.1, 0.15) is 6.04 Å². The molecule has 2 rings (SSSR count). The van der Waals surface area contributed by atoms with Crippen LogP contribution in [0.3, 0.4) is 0 Å². The third-order valence-electron chi connectivity index (χ3n) is 3.85. The van der Waals surface area contributed by atoms with Crippen molar-refractivity contribution in [3.05, 3.63) is 52.2 Å². The molecule has 8 heteroatoms. The molecule has 6 nitrogen and oxygen atoms in total. The molecule has 1 atom stereocenters. The second-order valence-electron chi connectivity index (χ2n) is 6.66. The molecule has 0 bridgehead atoms. The maximum Gasteiger partial charge on any atom is 0.251 e. The summed E-state index contributed by atoms with van der Waals surface area (Å²) in [5.41, 5.74) is 0.329. The number of thiophene rings is 1. The molecule has 0 radical (unpaired) electrons. The Morgan fingerprint density at radius 2 is 1.92 bits per heavy atom. The Balaban J connectivity index is 2.11. The molecule has 1 aromatic carbocycles. The molecule has 0 fully saturated rings. The summed E-state index contributed by atoms with van der Waals surface area (Å²) in [6.07, 6.45) is 0. The van der Waals surface area contributed by atoms with Gasteiger partial charge in [-0.2, -0.15) is 0 Å². The van der Waals surface area contributed by atoms with E-state index < -0.39 is 10.0 Å². The van der Waals surface area contributed by atoms with E-state index in [0.717, 1.165) is 0 Å². The molecule has 2 aromatic rings. The number of carbonyl (C=O) groups excluding carboxylic acids is 1. The highest BCUT2D eigenvalue weighted by Crippen LogP contribution is 2.16. The molecule has 0 unspecified atom stereocenters. The third-order valence-corrected chi connectivity index (χ3v) is 6.49. The van der Waals surface area contributed by atoms with Crippen LogP contribution in [-0.4, -0.2) is 41.0 Å². The summed E-state index contributed by atoms with van der Waals surface area (Å²) < 4.78 is 27.1. The zero-order valence-electron chi connectivity index (χ0n) is 15.4. The minimum absolute atomic E-state index is 0.0897. The van der Waals surface area contributed by atoms with Crippen molar-refractivity contribution in [1.82, 2.24) is 10.0 Å². The van der Waals surface area contributed by atoms with Gasteiger partial charge in [-0.3, -0.25) is 4.79 Å². The molecule has 1 heterocycles. The van der Waals surface area contributed by atoms with E-state index >= 15 is 0 Å². The van der Waals surface area contributed by atoms with E-state index in [9.17, 15) is 13.2 Å². The Morgan fingerprint density at radius 1 is 1.19 bits per heavy atom. The Bertz CT molecular complexity index is 831. The van der Waals surface area contributed by atoms with Gasteiger partial charge in [0.25, 0.3) is 5.91 Å². The second kappa shape index (κ2) is 8.77. The largest absolute Gasteiger partial charge is 0.346 e. The highest BCUT2D eigenvalue weighted by molar-refractivity contribution is 7.89. The number of sulfonamides is 1. The van der Waals surface area contributed by atoms with Crippen LogP contribution in [-0.2, 0) is 10.0 Å². The Hall–Kier alpha value is -1.74. The van der Waals surface area contributed by atoms with E-state index in [1.807, 2.05) is 25.5 Å². The van der Waals surface area contributed by atoms with Crippen LogP contribution >= 0.6 is 11.3 Å². The van der Waals surface area contributed by atoms with E-state index in [1.165, 1.54) is 21.9 Å². The first-order chi connectivity index (χ1) is 12.2. The number of amides is 1. The van der Waals surface area contributed by atoms with E-state index in [-0.39, 0.29) is 22.9 Å². The molecule has 0 saturated heterocycles. The zero-order chi connectivity index (χ0) is 19.3. The average Bonchev–Trinajstić information content (AvgIpc) is 3.07. The van der Waals surface area contributed by atoms with Crippen molar-refractivity contribution in [3.63, 3.8) is 0 Å². The van der Waals surface area contributed by atoms with Gasteiger partial charge in [0.15, 0.2) is 0 Å². The fraction of sp³-hybridized carbons (Fsp3) is 0.389. The first-order valence-electron chi connectivity index (χ1n) is 8.44. The third kappa shape index (κ3) is 5.38. The molecular formula is C18H26N3O3S2+. The highest BCUT2D eigenvalue weighted by atomic mass is 32.2. The number of hydrogen-bond donors (Lipinski definition) is 3. The van der Waals surface area contributed by atoms with Crippen molar-refractivity contribution in [2.24, 2.45) is 0 Å². The van der Waals surface area contributed by atoms with Crippen LogP contribution < -0.4 is 14.9 Å². The van der Waals surface area contributed by atoms with Gasteiger partial charge < -0.3 is 10.2 Å². The van der Waals surface area contributed by atoms with Crippen LogP contribution in [0.4, 0.5) is 0 Å². The second-order valence-corrected chi connectivity index (χ2v) is 9.35. The molecule has 0 saturated carbocycles. The smallest absolute Gasteiger partial charge is 0.251 e. The van der Waals surface area contributed by atoms with Gasteiger partial charge in [-0.1, -0.05) is 12.1 Å². The van der Waals surface area contributed by atoms with Crippen LogP contribution in [0.2, 0.25) is 0 Å². The Kier molecular flexibility index (Phi) is 6.94. The molecule has 3 N–H and O–H groups in total. The summed E-state index contributed by atoms with van der Waals surface area (Å²) in [5, 5.41) is 4.94. The van der Waals surface area contributed by atoms with Crippen LogP contribution in [0.25, 0.3) is 0 Å². The quantitative estimate of drug-likeness (QED) is 0.624. The Labute approximate surface area is 159 Å². The minimum atomic E-state index is -3.63. The lowest BCUT2D eigenvalue weighted by Gasteiger charge is -2.20. The predicted molar refractivity (Wildman–Crippen MR) is 104 cm³/mol. The maximum absolute atomic E-state index is 12.5.